The van der Waals surface area contributed by atoms with Crippen LogP contribution in [0.1, 0.15) is 86.0 Å². The number of fused-ring (bicyclic) bond motifs is 7. The zero-order valence-corrected chi connectivity index (χ0v) is 21.6. The number of rotatable bonds is 1. The quantitative estimate of drug-likeness (QED) is 0.376. The highest BCUT2D eigenvalue weighted by atomic mass is 16.7. The smallest absolute Gasteiger partial charge is 0.303 e. The van der Waals surface area contributed by atoms with E-state index in [0.717, 1.165) is 38.7 Å². The minimum atomic E-state index is -0.403. The zero-order chi connectivity index (χ0) is 24.0. The summed E-state index contributed by atoms with van der Waals surface area (Å²) in [4.78, 5) is 25.3. The van der Waals surface area contributed by atoms with E-state index in [4.69, 9.17) is 14.2 Å². The number of allylic oxidation sites excluding steroid dienone is 1. The Hall–Kier alpha value is -1.20. The van der Waals surface area contributed by atoms with Gasteiger partial charge in [-0.2, -0.15) is 0 Å². The van der Waals surface area contributed by atoms with Crippen molar-refractivity contribution in [2.75, 3.05) is 6.61 Å². The van der Waals surface area contributed by atoms with Crippen LogP contribution in [-0.4, -0.2) is 36.4 Å². The molecule has 5 nitrogen and oxygen atoms in total. The summed E-state index contributed by atoms with van der Waals surface area (Å²) in [6.45, 7) is 11.8. The van der Waals surface area contributed by atoms with Gasteiger partial charge in [0.15, 0.2) is 5.79 Å². The van der Waals surface area contributed by atoms with E-state index in [0.29, 0.717) is 41.8 Å². The molecule has 2 heterocycles. The Bertz CT molecular complexity index is 915. The van der Waals surface area contributed by atoms with Crippen LogP contribution in [-0.2, 0) is 23.8 Å². The molecule has 0 bridgehead atoms. The number of Topliss-reactive ketones (excluding diaryl/α,β-unsaturated/α-hetero) is 1. The van der Waals surface area contributed by atoms with E-state index in [1.54, 1.807) is 0 Å². The van der Waals surface area contributed by atoms with Gasteiger partial charge in [-0.15, -0.1) is 0 Å². The minimum absolute atomic E-state index is 0.0462. The summed E-state index contributed by atoms with van der Waals surface area (Å²) in [6, 6.07) is 0. The molecule has 2 saturated heterocycles. The van der Waals surface area contributed by atoms with Crippen LogP contribution in [0.2, 0.25) is 0 Å². The largest absolute Gasteiger partial charge is 0.458 e. The summed E-state index contributed by atoms with van der Waals surface area (Å²) in [5.41, 5.74) is 1.42. The fourth-order valence-electron chi connectivity index (χ4n) is 9.72. The van der Waals surface area contributed by atoms with Crippen LogP contribution in [0.4, 0.5) is 0 Å². The molecule has 5 fully saturated rings. The molecule has 11 atom stereocenters. The highest BCUT2D eigenvalue weighted by Crippen LogP contribution is 2.70. The standard InChI is InChI=1S/C29H42O5/c1-16-6-11-29(32-15-16)17(2)26-24(34-29)14-22-25-21(8-10-28(22,26)5)27(4)9-7-20(33-18(3)30)12-19(27)13-23(25)31/h12,16-17,20-22,24-26H,6-11,13-15H2,1-5H3. The van der Waals surface area contributed by atoms with E-state index in [9.17, 15) is 9.59 Å². The van der Waals surface area contributed by atoms with Gasteiger partial charge in [-0.25, -0.2) is 0 Å². The molecule has 11 unspecified atom stereocenters. The van der Waals surface area contributed by atoms with Crippen molar-refractivity contribution < 1.29 is 23.8 Å². The predicted octanol–water partition coefficient (Wildman–Crippen LogP) is 5.46. The van der Waals surface area contributed by atoms with E-state index >= 15 is 0 Å². The van der Waals surface area contributed by atoms with Gasteiger partial charge < -0.3 is 14.2 Å². The second-order valence-electron chi connectivity index (χ2n) is 13.2. The molecule has 5 heteroatoms. The molecule has 0 radical (unpaired) electrons. The average Bonchev–Trinajstić information content (AvgIpc) is 3.21. The lowest BCUT2D eigenvalue weighted by Gasteiger charge is -2.58. The average molecular weight is 471 g/mol. The van der Waals surface area contributed by atoms with Crippen molar-refractivity contribution in [1.29, 1.82) is 0 Å². The van der Waals surface area contributed by atoms with Crippen LogP contribution in [0.15, 0.2) is 11.6 Å². The van der Waals surface area contributed by atoms with Gasteiger partial charge in [-0.3, -0.25) is 9.59 Å². The van der Waals surface area contributed by atoms with Gasteiger partial charge >= 0.3 is 5.97 Å². The molecule has 1 spiro atoms. The maximum atomic E-state index is 13.8. The molecule has 2 aliphatic heterocycles. The third-order valence-corrected chi connectivity index (χ3v) is 11.5. The highest BCUT2D eigenvalue weighted by Gasteiger charge is 2.69. The van der Waals surface area contributed by atoms with E-state index in [2.05, 4.69) is 33.8 Å². The van der Waals surface area contributed by atoms with Crippen molar-refractivity contribution in [3.05, 3.63) is 11.6 Å². The third kappa shape index (κ3) is 3.11. The van der Waals surface area contributed by atoms with Crippen molar-refractivity contribution in [3.8, 4) is 0 Å². The highest BCUT2D eigenvalue weighted by molar-refractivity contribution is 5.86. The lowest BCUT2D eigenvalue weighted by molar-refractivity contribution is -0.272. The summed E-state index contributed by atoms with van der Waals surface area (Å²) < 4.78 is 18.8. The fraction of sp³-hybridized carbons (Fsp3) is 0.862. The minimum Gasteiger partial charge on any atom is -0.458 e. The number of carbonyl (C=O) groups excluding carboxylic acids is 2. The van der Waals surface area contributed by atoms with Gasteiger partial charge in [-0.05, 0) is 79.1 Å². The Morgan fingerprint density at radius 1 is 1.09 bits per heavy atom. The van der Waals surface area contributed by atoms with E-state index < -0.39 is 5.79 Å². The van der Waals surface area contributed by atoms with Gasteiger partial charge in [0.05, 0.1) is 12.7 Å². The zero-order valence-electron chi connectivity index (χ0n) is 21.6. The summed E-state index contributed by atoms with van der Waals surface area (Å²) >= 11 is 0. The summed E-state index contributed by atoms with van der Waals surface area (Å²) in [5.74, 6) is 2.17. The molecule has 6 aliphatic rings. The van der Waals surface area contributed by atoms with Gasteiger partial charge in [0.2, 0.25) is 0 Å². The van der Waals surface area contributed by atoms with Crippen molar-refractivity contribution in [2.24, 2.45) is 46.3 Å². The molecule has 188 valence electrons. The number of esters is 1. The van der Waals surface area contributed by atoms with Crippen LogP contribution in [0.3, 0.4) is 0 Å². The Labute approximate surface area is 204 Å². The van der Waals surface area contributed by atoms with E-state index in [1.165, 1.54) is 25.3 Å². The fourth-order valence-corrected chi connectivity index (χ4v) is 9.72. The normalized spacial score (nSPS) is 54.0. The first-order valence-corrected chi connectivity index (χ1v) is 13.8. The Morgan fingerprint density at radius 2 is 1.88 bits per heavy atom. The number of hydrogen-bond acceptors (Lipinski definition) is 5. The SMILES string of the molecule is CC(=O)OC1C=C2CC(=O)C3C(CCC4(C)C3CC3OC5(CCC(C)CO5)C(C)C34)C2(C)CC1. The molecule has 3 saturated carbocycles. The van der Waals surface area contributed by atoms with Crippen LogP contribution in [0, 0.1) is 46.3 Å². The van der Waals surface area contributed by atoms with Gasteiger partial charge in [0, 0.05) is 31.6 Å². The number of carbonyl (C=O) groups is 2. The molecule has 0 N–H and O–H groups in total. The van der Waals surface area contributed by atoms with Crippen LogP contribution in [0.25, 0.3) is 0 Å². The molecular weight excluding hydrogens is 428 g/mol. The first kappa shape index (κ1) is 23.2. The lowest BCUT2D eigenvalue weighted by Crippen LogP contribution is -2.55. The van der Waals surface area contributed by atoms with Crippen molar-refractivity contribution in [1.82, 2.24) is 0 Å². The van der Waals surface area contributed by atoms with Crippen LogP contribution in [0.5, 0.6) is 0 Å². The molecule has 0 aromatic rings. The number of hydrogen-bond donors (Lipinski definition) is 0. The van der Waals surface area contributed by atoms with Crippen molar-refractivity contribution in [3.63, 3.8) is 0 Å². The van der Waals surface area contributed by atoms with E-state index in [-0.39, 0.29) is 34.9 Å². The Balaban J connectivity index is 1.27. The summed E-state index contributed by atoms with van der Waals surface area (Å²) in [7, 11) is 0. The first-order chi connectivity index (χ1) is 16.1. The molecule has 0 aromatic carbocycles. The molecule has 34 heavy (non-hydrogen) atoms. The second kappa shape index (κ2) is 7.65. The van der Waals surface area contributed by atoms with Gasteiger partial charge in [0.1, 0.15) is 11.9 Å². The van der Waals surface area contributed by atoms with Crippen molar-refractivity contribution in [2.45, 2.75) is 104 Å². The summed E-state index contributed by atoms with van der Waals surface area (Å²) in [5, 5.41) is 0. The maximum Gasteiger partial charge on any atom is 0.303 e. The van der Waals surface area contributed by atoms with Gasteiger partial charge in [-0.1, -0.05) is 33.3 Å². The lowest BCUT2D eigenvalue weighted by atomic mass is 9.46. The van der Waals surface area contributed by atoms with Crippen LogP contribution >= 0.6 is 0 Å². The van der Waals surface area contributed by atoms with Crippen LogP contribution < -0.4 is 0 Å². The molecule has 0 amide bonds. The first-order valence-electron chi connectivity index (χ1n) is 13.8. The predicted molar refractivity (Wildman–Crippen MR) is 128 cm³/mol. The van der Waals surface area contributed by atoms with E-state index in [1.807, 2.05) is 0 Å². The number of ether oxygens (including phenoxy) is 3. The third-order valence-electron chi connectivity index (χ3n) is 11.5. The number of ketones is 1. The molecule has 6 rings (SSSR count). The topological polar surface area (TPSA) is 61.8 Å². The van der Waals surface area contributed by atoms with Crippen molar-refractivity contribution >= 4 is 11.8 Å². The summed E-state index contributed by atoms with van der Waals surface area (Å²) in [6.07, 6.45) is 10.0. The molecule has 4 aliphatic carbocycles. The molecule has 0 aromatic heterocycles. The van der Waals surface area contributed by atoms with Gasteiger partial charge in [0.25, 0.3) is 0 Å². The Kier molecular flexibility index (Phi) is 5.22. The second-order valence-corrected chi connectivity index (χ2v) is 13.2. The maximum absolute atomic E-state index is 13.8. The monoisotopic (exact) mass is 470 g/mol. The Morgan fingerprint density at radius 3 is 2.59 bits per heavy atom. The molecular formula is C29H42O5.